The number of rotatable bonds is 8. The zero-order valence-electron chi connectivity index (χ0n) is 14.4. The summed E-state index contributed by atoms with van der Waals surface area (Å²) in [5, 5.41) is 0. The van der Waals surface area contributed by atoms with E-state index in [-0.39, 0.29) is 12.2 Å². The smallest absolute Gasteiger partial charge is 0.203 e. The molecular formula is C19H22O5. The summed E-state index contributed by atoms with van der Waals surface area (Å²) in [4.78, 5) is 12.5. The average Bonchev–Trinajstić information content (AvgIpc) is 2.61. The number of hydrogen-bond acceptors (Lipinski definition) is 5. The zero-order valence-corrected chi connectivity index (χ0v) is 14.4. The van der Waals surface area contributed by atoms with Crippen molar-refractivity contribution in [1.29, 1.82) is 0 Å². The molecule has 2 rings (SSSR count). The predicted molar refractivity (Wildman–Crippen MR) is 91.7 cm³/mol. The van der Waals surface area contributed by atoms with E-state index in [1.807, 2.05) is 6.92 Å². The molecule has 5 heteroatoms. The molecule has 0 fully saturated rings. The quantitative estimate of drug-likeness (QED) is 0.693. The molecule has 0 spiro atoms. The number of ketones is 1. The third kappa shape index (κ3) is 3.98. The van der Waals surface area contributed by atoms with Gasteiger partial charge in [-0.25, -0.2) is 0 Å². The van der Waals surface area contributed by atoms with Crippen LogP contribution in [0.15, 0.2) is 36.4 Å². The predicted octanol–water partition coefficient (Wildman–Crippen LogP) is 3.54. The lowest BCUT2D eigenvalue weighted by molar-refractivity contribution is 0.0993. The fraction of sp³-hybridized carbons (Fsp3) is 0.316. The highest BCUT2D eigenvalue weighted by molar-refractivity contribution is 5.97. The molecule has 0 heterocycles. The minimum Gasteiger partial charge on any atom is -0.494 e. The molecule has 0 bridgehead atoms. The van der Waals surface area contributed by atoms with E-state index in [9.17, 15) is 4.79 Å². The normalized spacial score (nSPS) is 10.2. The summed E-state index contributed by atoms with van der Waals surface area (Å²) in [6, 6.07) is 10.7. The van der Waals surface area contributed by atoms with Crippen molar-refractivity contribution in [1.82, 2.24) is 0 Å². The van der Waals surface area contributed by atoms with Gasteiger partial charge in [-0.1, -0.05) is 0 Å². The lowest BCUT2D eigenvalue weighted by Gasteiger charge is -2.14. The fourth-order valence-electron chi connectivity index (χ4n) is 2.43. The monoisotopic (exact) mass is 330 g/mol. The lowest BCUT2D eigenvalue weighted by atomic mass is 10.0. The Bertz CT molecular complexity index is 666. The van der Waals surface area contributed by atoms with Crippen LogP contribution >= 0.6 is 0 Å². The van der Waals surface area contributed by atoms with Crippen LogP contribution in [-0.2, 0) is 6.42 Å². The first-order valence-electron chi connectivity index (χ1n) is 7.67. The number of ether oxygens (including phenoxy) is 4. The van der Waals surface area contributed by atoms with Crippen LogP contribution in [0.4, 0.5) is 0 Å². The van der Waals surface area contributed by atoms with Gasteiger partial charge in [0.2, 0.25) is 5.75 Å². The van der Waals surface area contributed by atoms with Crippen LogP contribution in [0.1, 0.15) is 22.8 Å². The molecule has 0 saturated carbocycles. The number of Topliss-reactive ketones (excluding diaryl/α,β-unsaturated/α-hetero) is 1. The van der Waals surface area contributed by atoms with Crippen LogP contribution in [0, 0.1) is 0 Å². The van der Waals surface area contributed by atoms with Gasteiger partial charge in [0.15, 0.2) is 17.3 Å². The fourth-order valence-corrected chi connectivity index (χ4v) is 2.43. The Morgan fingerprint density at radius 2 is 1.50 bits per heavy atom. The standard InChI is InChI=1S/C19H22O5/c1-5-24-15-8-6-14(7-9-15)16(20)10-13-11-17(21-2)19(23-4)18(12-13)22-3/h6-9,11-12H,5,10H2,1-4H3. The van der Waals surface area contributed by atoms with Gasteiger partial charge in [0, 0.05) is 12.0 Å². The Kier molecular flexibility index (Phi) is 6.07. The molecule has 0 aliphatic rings. The summed E-state index contributed by atoms with van der Waals surface area (Å²) >= 11 is 0. The zero-order chi connectivity index (χ0) is 17.5. The van der Waals surface area contributed by atoms with Crippen molar-refractivity contribution in [2.45, 2.75) is 13.3 Å². The molecule has 0 aliphatic carbocycles. The minimum absolute atomic E-state index is 0.00678. The van der Waals surface area contributed by atoms with Crippen LogP contribution in [0.5, 0.6) is 23.0 Å². The van der Waals surface area contributed by atoms with Crippen molar-refractivity contribution in [3.05, 3.63) is 47.5 Å². The van der Waals surface area contributed by atoms with Gasteiger partial charge in [-0.3, -0.25) is 4.79 Å². The van der Waals surface area contributed by atoms with E-state index in [0.717, 1.165) is 11.3 Å². The number of carbonyl (C=O) groups is 1. The second kappa shape index (κ2) is 8.24. The Morgan fingerprint density at radius 3 is 1.96 bits per heavy atom. The maximum absolute atomic E-state index is 12.5. The molecule has 0 unspecified atom stereocenters. The Morgan fingerprint density at radius 1 is 0.917 bits per heavy atom. The van der Waals surface area contributed by atoms with Crippen molar-refractivity contribution in [2.75, 3.05) is 27.9 Å². The molecule has 0 aromatic heterocycles. The number of hydrogen-bond donors (Lipinski definition) is 0. The minimum atomic E-state index is 0.00678. The van der Waals surface area contributed by atoms with Gasteiger partial charge in [0.1, 0.15) is 5.75 Å². The topological polar surface area (TPSA) is 54.0 Å². The first-order valence-corrected chi connectivity index (χ1v) is 7.67. The van der Waals surface area contributed by atoms with Crippen LogP contribution in [-0.4, -0.2) is 33.7 Å². The van der Waals surface area contributed by atoms with Crippen molar-refractivity contribution in [3.8, 4) is 23.0 Å². The Balaban J connectivity index is 2.22. The van der Waals surface area contributed by atoms with E-state index >= 15 is 0 Å². The molecule has 24 heavy (non-hydrogen) atoms. The van der Waals surface area contributed by atoms with Gasteiger partial charge >= 0.3 is 0 Å². The van der Waals surface area contributed by atoms with Crippen molar-refractivity contribution in [3.63, 3.8) is 0 Å². The summed E-state index contributed by atoms with van der Waals surface area (Å²) in [5.74, 6) is 2.34. The van der Waals surface area contributed by atoms with E-state index in [1.54, 1.807) is 57.7 Å². The average molecular weight is 330 g/mol. The maximum Gasteiger partial charge on any atom is 0.203 e. The van der Waals surface area contributed by atoms with E-state index in [2.05, 4.69) is 0 Å². The molecule has 0 amide bonds. The summed E-state index contributed by atoms with van der Waals surface area (Å²) in [5.41, 5.74) is 1.43. The first-order chi connectivity index (χ1) is 11.6. The number of benzene rings is 2. The lowest BCUT2D eigenvalue weighted by Crippen LogP contribution is -2.05. The highest BCUT2D eigenvalue weighted by Crippen LogP contribution is 2.38. The molecule has 0 aliphatic heterocycles. The van der Waals surface area contributed by atoms with Gasteiger partial charge in [-0.2, -0.15) is 0 Å². The summed E-state index contributed by atoms with van der Waals surface area (Å²) in [6.45, 7) is 2.52. The highest BCUT2D eigenvalue weighted by Gasteiger charge is 2.15. The molecule has 2 aromatic carbocycles. The highest BCUT2D eigenvalue weighted by atomic mass is 16.5. The molecule has 0 radical (unpaired) electrons. The van der Waals surface area contributed by atoms with E-state index in [0.29, 0.717) is 29.4 Å². The SMILES string of the molecule is CCOc1ccc(C(=O)Cc2cc(OC)c(OC)c(OC)c2)cc1. The summed E-state index contributed by atoms with van der Waals surface area (Å²) in [6.07, 6.45) is 0.241. The molecule has 0 atom stereocenters. The summed E-state index contributed by atoms with van der Waals surface area (Å²) < 4.78 is 21.3. The summed E-state index contributed by atoms with van der Waals surface area (Å²) in [7, 11) is 4.65. The molecular weight excluding hydrogens is 308 g/mol. The molecule has 128 valence electrons. The van der Waals surface area contributed by atoms with Crippen LogP contribution < -0.4 is 18.9 Å². The van der Waals surface area contributed by atoms with Crippen molar-refractivity contribution >= 4 is 5.78 Å². The Hall–Kier alpha value is -2.69. The van der Waals surface area contributed by atoms with Gasteiger partial charge in [-0.05, 0) is 48.9 Å². The van der Waals surface area contributed by atoms with Gasteiger partial charge in [-0.15, -0.1) is 0 Å². The van der Waals surface area contributed by atoms with E-state index in [4.69, 9.17) is 18.9 Å². The number of carbonyl (C=O) groups excluding carboxylic acids is 1. The third-order valence-corrected chi connectivity index (χ3v) is 3.58. The molecule has 5 nitrogen and oxygen atoms in total. The molecule has 2 aromatic rings. The maximum atomic E-state index is 12.5. The third-order valence-electron chi connectivity index (χ3n) is 3.58. The van der Waals surface area contributed by atoms with Gasteiger partial charge in [0.05, 0.1) is 27.9 Å². The van der Waals surface area contributed by atoms with Crippen LogP contribution in [0.3, 0.4) is 0 Å². The second-order valence-electron chi connectivity index (χ2n) is 5.09. The first kappa shape index (κ1) is 17.7. The second-order valence-corrected chi connectivity index (χ2v) is 5.09. The Labute approximate surface area is 142 Å². The van der Waals surface area contributed by atoms with Crippen LogP contribution in [0.25, 0.3) is 0 Å². The number of methoxy groups -OCH3 is 3. The van der Waals surface area contributed by atoms with Crippen molar-refractivity contribution < 1.29 is 23.7 Å². The molecule has 0 saturated heterocycles. The molecule has 0 N–H and O–H groups in total. The van der Waals surface area contributed by atoms with Crippen LogP contribution in [0.2, 0.25) is 0 Å². The van der Waals surface area contributed by atoms with E-state index < -0.39 is 0 Å². The van der Waals surface area contributed by atoms with Gasteiger partial charge < -0.3 is 18.9 Å². The largest absolute Gasteiger partial charge is 0.494 e. The van der Waals surface area contributed by atoms with Gasteiger partial charge in [0.25, 0.3) is 0 Å². The van der Waals surface area contributed by atoms with E-state index in [1.165, 1.54) is 0 Å². The van der Waals surface area contributed by atoms with Crippen molar-refractivity contribution in [2.24, 2.45) is 0 Å².